The molecular weight excluding hydrogens is 480 g/mol. The monoisotopic (exact) mass is 520 g/mol. The fourth-order valence-corrected chi connectivity index (χ4v) is 6.48. The van der Waals surface area contributed by atoms with Crippen molar-refractivity contribution in [2.24, 2.45) is 22.7 Å². The second-order valence-electron chi connectivity index (χ2n) is 10.7. The van der Waals surface area contributed by atoms with E-state index < -0.39 is 65.5 Å². The minimum atomic E-state index is -1.43. The second kappa shape index (κ2) is 11.1. The molecule has 9 atom stereocenters. The number of rotatable bonds is 9. The lowest BCUT2D eigenvalue weighted by Crippen LogP contribution is -2.68. The zero-order chi connectivity index (χ0) is 27.7. The number of carbonyl (C=O) groups excluding carboxylic acids is 3. The summed E-state index contributed by atoms with van der Waals surface area (Å²) in [5.74, 6) is -2.55. The van der Waals surface area contributed by atoms with Crippen LogP contribution < -0.4 is 0 Å². The smallest absolute Gasteiger partial charge is 0.306 e. The molecule has 0 bridgehead atoms. The van der Waals surface area contributed by atoms with Crippen molar-refractivity contribution >= 4 is 17.9 Å². The third kappa shape index (κ3) is 5.13. The van der Waals surface area contributed by atoms with Crippen molar-refractivity contribution < 1.29 is 43.5 Å². The van der Waals surface area contributed by atoms with Gasteiger partial charge in [0.25, 0.3) is 0 Å². The number of ether oxygens (including phenoxy) is 4. The topological polar surface area (TPSA) is 129 Å². The van der Waals surface area contributed by atoms with Crippen molar-refractivity contribution in [2.75, 3.05) is 0 Å². The Hall–Kier alpha value is -2.49. The first-order chi connectivity index (χ1) is 17.3. The Labute approximate surface area is 218 Å². The summed E-state index contributed by atoms with van der Waals surface area (Å²) in [6, 6.07) is 0. The molecule has 0 radical (unpaired) electrons. The molecular formula is C28H40O9. The summed E-state index contributed by atoms with van der Waals surface area (Å²) in [5.41, 5.74) is -0.952. The lowest BCUT2D eigenvalue weighted by atomic mass is 9.44. The van der Waals surface area contributed by atoms with E-state index in [1.54, 1.807) is 12.2 Å². The van der Waals surface area contributed by atoms with Crippen molar-refractivity contribution in [3.63, 3.8) is 0 Å². The lowest BCUT2D eigenvalue weighted by molar-refractivity contribution is -0.274. The van der Waals surface area contributed by atoms with Crippen LogP contribution in [0.15, 0.2) is 36.5 Å². The largest absolute Gasteiger partial charge is 0.458 e. The minimum absolute atomic E-state index is 0.240. The van der Waals surface area contributed by atoms with E-state index in [0.29, 0.717) is 24.8 Å². The molecule has 3 rings (SSSR count). The second-order valence-corrected chi connectivity index (χ2v) is 10.7. The van der Waals surface area contributed by atoms with Crippen LogP contribution in [-0.4, -0.2) is 59.0 Å². The van der Waals surface area contributed by atoms with Crippen LogP contribution in [0, 0.1) is 22.7 Å². The highest BCUT2D eigenvalue weighted by molar-refractivity contribution is 5.70. The molecule has 1 aliphatic heterocycles. The van der Waals surface area contributed by atoms with Gasteiger partial charge in [0, 0.05) is 25.8 Å². The SMILES string of the molecule is C=CC(=C)CCC1(C)C(C)C(O)C(O)C23C(=CC(OC(=O)CCC)CC12)C(OC(C)=O)OC3OC(C)=O. The quantitative estimate of drug-likeness (QED) is 0.204. The highest BCUT2D eigenvalue weighted by Gasteiger charge is 2.73. The van der Waals surface area contributed by atoms with Crippen molar-refractivity contribution in [3.05, 3.63) is 36.5 Å². The Bertz CT molecular complexity index is 971. The highest BCUT2D eigenvalue weighted by atomic mass is 16.8. The zero-order valence-corrected chi connectivity index (χ0v) is 22.4. The van der Waals surface area contributed by atoms with Gasteiger partial charge in [-0.3, -0.25) is 19.1 Å². The molecule has 0 amide bonds. The molecule has 1 saturated carbocycles. The Morgan fingerprint density at radius 2 is 1.81 bits per heavy atom. The molecule has 0 aromatic heterocycles. The van der Waals surface area contributed by atoms with Gasteiger partial charge < -0.3 is 24.4 Å². The predicted octanol–water partition coefficient (Wildman–Crippen LogP) is 3.34. The molecule has 3 aliphatic rings. The summed E-state index contributed by atoms with van der Waals surface area (Å²) in [6.07, 6.45) is -0.362. The number of hydrogen-bond donors (Lipinski definition) is 2. The summed E-state index contributed by atoms with van der Waals surface area (Å²) in [7, 11) is 0. The van der Waals surface area contributed by atoms with E-state index in [4.69, 9.17) is 18.9 Å². The summed E-state index contributed by atoms with van der Waals surface area (Å²) in [6.45, 7) is 16.0. The van der Waals surface area contributed by atoms with Crippen molar-refractivity contribution in [1.29, 1.82) is 0 Å². The third-order valence-corrected chi connectivity index (χ3v) is 8.52. The molecule has 0 aromatic carbocycles. The van der Waals surface area contributed by atoms with Gasteiger partial charge in [-0.15, -0.1) is 0 Å². The highest BCUT2D eigenvalue weighted by Crippen LogP contribution is 2.67. The van der Waals surface area contributed by atoms with Crippen LogP contribution in [0.1, 0.15) is 66.7 Å². The molecule has 9 unspecified atom stereocenters. The van der Waals surface area contributed by atoms with E-state index in [1.807, 2.05) is 20.8 Å². The molecule has 1 saturated heterocycles. The van der Waals surface area contributed by atoms with Gasteiger partial charge in [-0.25, -0.2) is 0 Å². The molecule has 9 nitrogen and oxygen atoms in total. The Morgan fingerprint density at radius 3 is 2.38 bits per heavy atom. The molecule has 1 spiro atoms. The molecule has 0 aromatic rings. The minimum Gasteiger partial charge on any atom is -0.458 e. The van der Waals surface area contributed by atoms with Gasteiger partial charge in [0.05, 0.1) is 17.6 Å². The third-order valence-electron chi connectivity index (χ3n) is 8.52. The maximum Gasteiger partial charge on any atom is 0.306 e. The van der Waals surface area contributed by atoms with Crippen molar-refractivity contribution in [2.45, 2.75) is 97.6 Å². The first kappa shape index (κ1) is 29.1. The normalized spacial score (nSPS) is 38.5. The molecule has 9 heteroatoms. The molecule has 2 aliphatic carbocycles. The predicted molar refractivity (Wildman–Crippen MR) is 133 cm³/mol. The van der Waals surface area contributed by atoms with Gasteiger partial charge >= 0.3 is 17.9 Å². The van der Waals surface area contributed by atoms with E-state index in [2.05, 4.69) is 13.2 Å². The van der Waals surface area contributed by atoms with Gasteiger partial charge in [0.2, 0.25) is 12.6 Å². The Balaban J connectivity index is 2.23. The van der Waals surface area contributed by atoms with Gasteiger partial charge in [-0.1, -0.05) is 45.6 Å². The van der Waals surface area contributed by atoms with E-state index >= 15 is 0 Å². The van der Waals surface area contributed by atoms with Crippen molar-refractivity contribution in [1.82, 2.24) is 0 Å². The van der Waals surface area contributed by atoms with Gasteiger partial charge in [0.15, 0.2) is 0 Å². The summed E-state index contributed by atoms with van der Waals surface area (Å²) < 4.78 is 22.8. The molecule has 2 fully saturated rings. The Morgan fingerprint density at radius 1 is 1.16 bits per heavy atom. The molecule has 1 heterocycles. The average molecular weight is 521 g/mol. The van der Waals surface area contributed by atoms with E-state index in [9.17, 15) is 24.6 Å². The first-order valence-electron chi connectivity index (χ1n) is 12.9. The molecule has 206 valence electrons. The van der Waals surface area contributed by atoms with Crippen LogP contribution in [0.2, 0.25) is 0 Å². The Kier molecular flexibility index (Phi) is 8.71. The van der Waals surface area contributed by atoms with Crippen LogP contribution in [0.3, 0.4) is 0 Å². The van der Waals surface area contributed by atoms with Crippen LogP contribution >= 0.6 is 0 Å². The van der Waals surface area contributed by atoms with Gasteiger partial charge in [0.1, 0.15) is 6.10 Å². The molecule has 2 N–H and O–H groups in total. The first-order valence-corrected chi connectivity index (χ1v) is 12.9. The van der Waals surface area contributed by atoms with Gasteiger partial charge in [-0.2, -0.15) is 0 Å². The fourth-order valence-electron chi connectivity index (χ4n) is 6.48. The molecule has 37 heavy (non-hydrogen) atoms. The van der Waals surface area contributed by atoms with Gasteiger partial charge in [-0.05, 0) is 49.0 Å². The fraction of sp³-hybridized carbons (Fsp3) is 0.679. The van der Waals surface area contributed by atoms with E-state index in [0.717, 1.165) is 5.57 Å². The zero-order valence-electron chi connectivity index (χ0n) is 22.4. The average Bonchev–Trinajstić information content (AvgIpc) is 3.11. The number of hydrogen-bond acceptors (Lipinski definition) is 9. The van der Waals surface area contributed by atoms with E-state index in [-0.39, 0.29) is 18.8 Å². The summed E-state index contributed by atoms with van der Waals surface area (Å²) in [5, 5.41) is 23.1. The number of aliphatic hydroxyl groups excluding tert-OH is 2. The van der Waals surface area contributed by atoms with Crippen LogP contribution in [0.25, 0.3) is 0 Å². The maximum absolute atomic E-state index is 12.5. The number of aliphatic hydroxyl groups is 2. The van der Waals surface area contributed by atoms with Crippen LogP contribution in [-0.2, 0) is 33.3 Å². The maximum atomic E-state index is 12.5. The number of allylic oxidation sites excluding steroid dienone is 2. The number of esters is 3. The van der Waals surface area contributed by atoms with Crippen molar-refractivity contribution in [3.8, 4) is 0 Å². The summed E-state index contributed by atoms with van der Waals surface area (Å²) >= 11 is 0. The van der Waals surface area contributed by atoms with Crippen LogP contribution in [0.5, 0.6) is 0 Å². The summed E-state index contributed by atoms with van der Waals surface area (Å²) in [4.78, 5) is 36.6. The van der Waals surface area contributed by atoms with E-state index in [1.165, 1.54) is 13.8 Å². The van der Waals surface area contributed by atoms with Crippen LogP contribution in [0.4, 0.5) is 0 Å². The lowest BCUT2D eigenvalue weighted by Gasteiger charge is -2.62. The standard InChI is InChI=1S/C28H40O9/c1-8-10-22(31)36-19-13-20-25(34-17(5)29)37-26(35-18(6)30)28(20)21(14-19)27(7,12-11-15(3)9-2)16(4)23(32)24(28)33/h9,13,16,19,21,23-26,32-33H,2-3,8,10-12,14H2,1,4-7H3. The number of carbonyl (C=O) groups is 3.